The monoisotopic (exact) mass is 914 g/mol. The second kappa shape index (κ2) is 17.3. The van der Waals surface area contributed by atoms with Gasteiger partial charge in [-0.25, -0.2) is 4.98 Å². The third-order valence-corrected chi connectivity index (χ3v) is 14.4. The van der Waals surface area contributed by atoms with Crippen molar-refractivity contribution in [2.24, 2.45) is 5.92 Å². The van der Waals surface area contributed by atoms with Crippen LogP contribution in [0.4, 0.5) is 11.4 Å². The lowest BCUT2D eigenvalue weighted by Crippen LogP contribution is -2.24. The maximum absolute atomic E-state index is 5.44. The highest BCUT2D eigenvalue weighted by Gasteiger charge is 2.30. The third-order valence-electron chi connectivity index (χ3n) is 14.4. The Morgan fingerprint density at radius 3 is 1.82 bits per heavy atom. The molecule has 340 valence electrons. The standard InChI is InChI=1S/C65H50N6/c1-44-25-32-51(33-26-44)69(50-21-11-5-12-22-50)52-34-29-47(30-35-52)49-31-38-59-55(41-49)57-43-60-56(54-23-13-14-24-58(54)70(60)53-36-27-46(28-37-53)45-17-7-3-8-18-45)42-61(57)71(59)64-67-62(48-19-9-4-10-20-48)66-63(68-64)65(2)39-15-6-16-40-65/h3-25,27-39,41-44H,26,40H2,1-2H3. The average molecular weight is 915 g/mol. The van der Waals surface area contributed by atoms with Crippen molar-refractivity contribution < 1.29 is 0 Å². The van der Waals surface area contributed by atoms with Gasteiger partial charge in [-0.2, -0.15) is 9.97 Å². The number of allylic oxidation sites excluding steroid dienone is 7. The van der Waals surface area contributed by atoms with E-state index in [1.807, 2.05) is 18.2 Å². The molecule has 13 rings (SSSR count). The Hall–Kier alpha value is -8.87. The molecule has 2 aliphatic carbocycles. The molecule has 0 N–H and O–H groups in total. The molecule has 0 radical (unpaired) electrons. The topological polar surface area (TPSA) is 51.8 Å². The van der Waals surface area contributed by atoms with Crippen LogP contribution in [0.3, 0.4) is 0 Å². The summed E-state index contributed by atoms with van der Waals surface area (Å²) < 4.78 is 4.68. The smallest absolute Gasteiger partial charge is 0.238 e. The van der Waals surface area contributed by atoms with Gasteiger partial charge in [-0.15, -0.1) is 0 Å². The second-order valence-corrected chi connectivity index (χ2v) is 19.2. The largest absolute Gasteiger partial charge is 0.311 e. The van der Waals surface area contributed by atoms with Gasteiger partial charge in [0.2, 0.25) is 5.95 Å². The zero-order valence-electron chi connectivity index (χ0n) is 39.7. The summed E-state index contributed by atoms with van der Waals surface area (Å²) in [5, 5.41) is 4.57. The van der Waals surface area contributed by atoms with E-state index in [1.165, 1.54) is 22.2 Å². The maximum atomic E-state index is 5.44. The van der Waals surface area contributed by atoms with Gasteiger partial charge in [0.15, 0.2) is 5.82 Å². The first-order valence-corrected chi connectivity index (χ1v) is 24.6. The third kappa shape index (κ3) is 7.47. The van der Waals surface area contributed by atoms with Crippen molar-refractivity contribution in [3.63, 3.8) is 0 Å². The molecular weight excluding hydrogens is 865 g/mol. The Morgan fingerprint density at radius 1 is 0.507 bits per heavy atom. The molecule has 6 heteroatoms. The molecule has 0 fully saturated rings. The highest BCUT2D eigenvalue weighted by molar-refractivity contribution is 6.19. The molecule has 3 heterocycles. The van der Waals surface area contributed by atoms with Crippen molar-refractivity contribution in [3.8, 4) is 45.3 Å². The zero-order valence-corrected chi connectivity index (χ0v) is 39.7. The van der Waals surface area contributed by atoms with E-state index in [9.17, 15) is 0 Å². The molecule has 2 aliphatic rings. The Kier molecular flexibility index (Phi) is 10.3. The van der Waals surface area contributed by atoms with Crippen molar-refractivity contribution in [1.82, 2.24) is 24.1 Å². The Labute approximate surface area is 413 Å². The minimum Gasteiger partial charge on any atom is -0.311 e. The number of aromatic nitrogens is 5. The van der Waals surface area contributed by atoms with Gasteiger partial charge >= 0.3 is 0 Å². The molecule has 0 bridgehead atoms. The van der Waals surface area contributed by atoms with Crippen LogP contribution in [0.2, 0.25) is 0 Å². The normalized spacial score (nSPS) is 16.6. The van der Waals surface area contributed by atoms with Crippen molar-refractivity contribution in [2.75, 3.05) is 4.90 Å². The fourth-order valence-electron chi connectivity index (χ4n) is 10.6. The van der Waals surface area contributed by atoms with E-state index < -0.39 is 5.41 Å². The van der Waals surface area contributed by atoms with Crippen LogP contribution in [0, 0.1) is 5.92 Å². The lowest BCUT2D eigenvalue weighted by Gasteiger charge is -2.28. The van der Waals surface area contributed by atoms with E-state index in [0.717, 1.165) is 90.6 Å². The quantitative estimate of drug-likeness (QED) is 0.145. The van der Waals surface area contributed by atoms with E-state index >= 15 is 0 Å². The lowest BCUT2D eigenvalue weighted by molar-refractivity contribution is 0.551. The fraction of sp³-hybridized carbons (Fsp3) is 0.0923. The van der Waals surface area contributed by atoms with Crippen LogP contribution in [0.25, 0.3) is 88.9 Å². The van der Waals surface area contributed by atoms with Crippen molar-refractivity contribution in [3.05, 3.63) is 248 Å². The van der Waals surface area contributed by atoms with E-state index in [-0.39, 0.29) is 0 Å². The maximum Gasteiger partial charge on any atom is 0.238 e. The van der Waals surface area contributed by atoms with Gasteiger partial charge in [0.25, 0.3) is 0 Å². The molecule has 2 unspecified atom stereocenters. The molecule has 0 aliphatic heterocycles. The lowest BCUT2D eigenvalue weighted by atomic mass is 9.83. The number of benzene rings is 8. The fourth-order valence-corrected chi connectivity index (χ4v) is 10.6. The summed E-state index contributed by atoms with van der Waals surface area (Å²) >= 11 is 0. The molecule has 3 aromatic heterocycles. The summed E-state index contributed by atoms with van der Waals surface area (Å²) in [6.45, 7) is 4.49. The van der Waals surface area contributed by atoms with Gasteiger partial charge in [0, 0.05) is 55.3 Å². The van der Waals surface area contributed by atoms with Crippen LogP contribution in [0.15, 0.2) is 242 Å². The van der Waals surface area contributed by atoms with E-state index in [4.69, 9.17) is 15.0 Å². The van der Waals surface area contributed by atoms with Crippen molar-refractivity contribution in [1.29, 1.82) is 0 Å². The predicted octanol–water partition coefficient (Wildman–Crippen LogP) is 16.5. The Morgan fingerprint density at radius 2 is 1.10 bits per heavy atom. The minimum atomic E-state index is -0.414. The van der Waals surface area contributed by atoms with Crippen LogP contribution in [-0.4, -0.2) is 24.1 Å². The molecular formula is C65H50N6. The zero-order chi connectivity index (χ0) is 47.5. The Balaban J connectivity index is 1.03. The number of fused-ring (bicyclic) bond motifs is 6. The molecule has 8 aromatic carbocycles. The van der Waals surface area contributed by atoms with Gasteiger partial charge in [-0.3, -0.25) is 4.57 Å². The van der Waals surface area contributed by atoms with Crippen molar-refractivity contribution in [2.45, 2.75) is 32.1 Å². The summed E-state index contributed by atoms with van der Waals surface area (Å²) in [5.74, 6) is 2.51. The highest BCUT2D eigenvalue weighted by Crippen LogP contribution is 2.42. The summed E-state index contributed by atoms with van der Waals surface area (Å²) in [6, 6.07) is 69.9. The van der Waals surface area contributed by atoms with Crippen LogP contribution < -0.4 is 4.90 Å². The molecule has 0 spiro atoms. The molecule has 0 saturated carbocycles. The van der Waals surface area contributed by atoms with Crippen LogP contribution in [0.1, 0.15) is 32.5 Å². The molecule has 0 saturated heterocycles. The Bertz CT molecular complexity index is 3940. The number of hydrogen-bond donors (Lipinski definition) is 0. The van der Waals surface area contributed by atoms with Gasteiger partial charge in [-0.1, -0.05) is 171 Å². The van der Waals surface area contributed by atoms with Gasteiger partial charge in [0.1, 0.15) is 5.82 Å². The second-order valence-electron chi connectivity index (χ2n) is 19.2. The summed E-state index contributed by atoms with van der Waals surface area (Å²) in [4.78, 5) is 18.4. The summed E-state index contributed by atoms with van der Waals surface area (Å²) in [7, 11) is 0. The number of hydrogen-bond acceptors (Lipinski definition) is 4. The number of anilines is 2. The predicted molar refractivity (Wildman–Crippen MR) is 295 cm³/mol. The molecule has 2 atom stereocenters. The summed E-state index contributed by atoms with van der Waals surface area (Å²) in [5.41, 5.74) is 14.1. The SMILES string of the molecule is CC1C=CC(N(c2ccccc2)c2ccc(-c3ccc4c(c3)c3cc5c(cc3n4-c3nc(-c4ccccc4)nc(C4(C)C=CC=CC4)n3)c3ccccc3n5-c3ccc(-c4ccccc4)cc3)cc2)=CC1. The first-order chi connectivity index (χ1) is 35.0. The van der Waals surface area contributed by atoms with Gasteiger partial charge < -0.3 is 9.47 Å². The highest BCUT2D eigenvalue weighted by atomic mass is 15.2. The van der Waals surface area contributed by atoms with Gasteiger partial charge in [-0.05, 0) is 121 Å². The van der Waals surface area contributed by atoms with Crippen molar-refractivity contribution >= 4 is 55.0 Å². The van der Waals surface area contributed by atoms with E-state index in [0.29, 0.717) is 17.7 Å². The number of nitrogens with zero attached hydrogens (tertiary/aromatic N) is 6. The average Bonchev–Trinajstić information content (AvgIpc) is 3.93. The van der Waals surface area contributed by atoms with E-state index in [2.05, 4.69) is 246 Å². The number of para-hydroxylation sites is 2. The van der Waals surface area contributed by atoms with E-state index in [1.54, 1.807) is 0 Å². The number of rotatable bonds is 9. The summed E-state index contributed by atoms with van der Waals surface area (Å²) in [6.07, 6.45) is 17.4. The molecule has 0 amide bonds. The first-order valence-electron chi connectivity index (χ1n) is 24.6. The van der Waals surface area contributed by atoms with Crippen LogP contribution in [-0.2, 0) is 5.41 Å². The molecule has 11 aromatic rings. The van der Waals surface area contributed by atoms with Crippen LogP contribution in [0.5, 0.6) is 0 Å². The van der Waals surface area contributed by atoms with Crippen LogP contribution >= 0.6 is 0 Å². The first kappa shape index (κ1) is 42.2. The van der Waals surface area contributed by atoms with Gasteiger partial charge in [0.05, 0.1) is 22.1 Å². The minimum absolute atomic E-state index is 0.414. The molecule has 71 heavy (non-hydrogen) atoms. The molecule has 6 nitrogen and oxygen atoms in total.